The first kappa shape index (κ1) is 20.4. The number of halogens is 1. The summed E-state index contributed by atoms with van der Waals surface area (Å²) in [6.45, 7) is 2.30. The summed E-state index contributed by atoms with van der Waals surface area (Å²) in [6.07, 6.45) is 1.08. The number of rotatable bonds is 9. The summed E-state index contributed by atoms with van der Waals surface area (Å²) < 4.78 is 30.5. The Kier molecular flexibility index (Phi) is 6.85. The molecule has 4 nitrogen and oxygen atoms in total. The summed E-state index contributed by atoms with van der Waals surface area (Å²) >= 11 is 0. The van der Waals surface area contributed by atoms with Gasteiger partial charge in [-0.1, -0.05) is 30.3 Å². The van der Waals surface area contributed by atoms with Crippen molar-refractivity contribution in [2.45, 2.75) is 19.4 Å². The molecule has 5 heteroatoms. The van der Waals surface area contributed by atoms with E-state index in [0.29, 0.717) is 30.1 Å². The first-order chi connectivity index (χ1) is 14.1. The van der Waals surface area contributed by atoms with E-state index in [1.165, 1.54) is 12.1 Å². The van der Waals surface area contributed by atoms with Gasteiger partial charge in [0, 0.05) is 17.5 Å². The van der Waals surface area contributed by atoms with Crippen LogP contribution in [0.2, 0.25) is 0 Å². The average Bonchev–Trinajstić information content (AvgIpc) is 2.76. The second kappa shape index (κ2) is 9.73. The molecule has 0 radical (unpaired) electrons. The SMILES string of the molecule is COc1ccccc1C(C)Oc1cc(C=O)ccc1OCCc1ccc(F)cc1. The van der Waals surface area contributed by atoms with E-state index < -0.39 is 0 Å². The molecule has 0 fully saturated rings. The molecule has 1 atom stereocenters. The molecule has 150 valence electrons. The van der Waals surface area contributed by atoms with Gasteiger partial charge in [-0.05, 0) is 48.9 Å². The van der Waals surface area contributed by atoms with Crippen molar-refractivity contribution in [2.75, 3.05) is 13.7 Å². The minimum atomic E-state index is -0.312. The number of benzene rings is 3. The van der Waals surface area contributed by atoms with Crippen LogP contribution in [0.4, 0.5) is 4.39 Å². The largest absolute Gasteiger partial charge is 0.496 e. The van der Waals surface area contributed by atoms with Gasteiger partial charge in [0.15, 0.2) is 11.5 Å². The fraction of sp³-hybridized carbons (Fsp3) is 0.208. The van der Waals surface area contributed by atoms with Gasteiger partial charge in [-0.15, -0.1) is 0 Å². The third-order valence-electron chi connectivity index (χ3n) is 4.55. The van der Waals surface area contributed by atoms with Crippen molar-refractivity contribution in [3.05, 3.63) is 89.2 Å². The fourth-order valence-corrected chi connectivity index (χ4v) is 3.00. The monoisotopic (exact) mass is 394 g/mol. The third-order valence-corrected chi connectivity index (χ3v) is 4.55. The molecular weight excluding hydrogens is 371 g/mol. The lowest BCUT2D eigenvalue weighted by Crippen LogP contribution is -2.08. The van der Waals surface area contributed by atoms with Crippen LogP contribution in [0.1, 0.15) is 34.5 Å². The molecule has 0 heterocycles. The van der Waals surface area contributed by atoms with Gasteiger partial charge in [-0.25, -0.2) is 4.39 Å². The maximum absolute atomic E-state index is 13.0. The van der Waals surface area contributed by atoms with Crippen LogP contribution in [-0.2, 0) is 6.42 Å². The van der Waals surface area contributed by atoms with E-state index in [1.807, 2.05) is 31.2 Å². The van der Waals surface area contributed by atoms with Crippen LogP contribution in [0.15, 0.2) is 66.7 Å². The van der Waals surface area contributed by atoms with Gasteiger partial charge in [-0.3, -0.25) is 4.79 Å². The van der Waals surface area contributed by atoms with Gasteiger partial charge in [0.05, 0.1) is 13.7 Å². The maximum atomic E-state index is 13.0. The Morgan fingerprint density at radius 2 is 1.72 bits per heavy atom. The zero-order chi connectivity index (χ0) is 20.6. The first-order valence-corrected chi connectivity index (χ1v) is 9.36. The standard InChI is InChI=1S/C24H23FO4/c1-17(21-5-3-4-6-22(21)27-2)29-24-15-19(16-26)9-12-23(24)28-14-13-18-7-10-20(25)11-8-18/h3-12,15-17H,13-14H2,1-2H3. The Bertz CT molecular complexity index is 953. The van der Waals surface area contributed by atoms with Crippen molar-refractivity contribution in [3.63, 3.8) is 0 Å². The number of carbonyl (C=O) groups excluding carboxylic acids is 1. The Morgan fingerprint density at radius 1 is 0.966 bits per heavy atom. The average molecular weight is 394 g/mol. The molecule has 0 amide bonds. The number of methoxy groups -OCH3 is 1. The quantitative estimate of drug-likeness (QED) is 0.455. The molecule has 0 aliphatic heterocycles. The van der Waals surface area contributed by atoms with Crippen molar-refractivity contribution in [2.24, 2.45) is 0 Å². The zero-order valence-electron chi connectivity index (χ0n) is 16.4. The molecule has 3 aromatic carbocycles. The lowest BCUT2D eigenvalue weighted by Gasteiger charge is -2.20. The lowest BCUT2D eigenvalue weighted by atomic mass is 10.1. The minimum Gasteiger partial charge on any atom is -0.496 e. The number of ether oxygens (including phenoxy) is 3. The molecule has 0 N–H and O–H groups in total. The van der Waals surface area contributed by atoms with E-state index in [0.717, 1.165) is 23.2 Å². The first-order valence-electron chi connectivity index (χ1n) is 9.36. The van der Waals surface area contributed by atoms with E-state index in [1.54, 1.807) is 37.4 Å². The van der Waals surface area contributed by atoms with Crippen LogP contribution in [-0.4, -0.2) is 20.0 Å². The maximum Gasteiger partial charge on any atom is 0.162 e. The topological polar surface area (TPSA) is 44.8 Å². The summed E-state index contributed by atoms with van der Waals surface area (Å²) in [6, 6.07) is 19.0. The molecule has 0 spiro atoms. The number of carbonyl (C=O) groups is 1. The number of para-hydroxylation sites is 1. The number of hydrogen-bond acceptors (Lipinski definition) is 4. The summed E-state index contributed by atoms with van der Waals surface area (Å²) in [5, 5.41) is 0. The smallest absolute Gasteiger partial charge is 0.162 e. The molecule has 3 aromatic rings. The molecule has 0 aromatic heterocycles. The van der Waals surface area contributed by atoms with Gasteiger partial charge < -0.3 is 14.2 Å². The summed E-state index contributed by atoms with van der Waals surface area (Å²) in [4.78, 5) is 11.2. The van der Waals surface area contributed by atoms with Crippen molar-refractivity contribution < 1.29 is 23.4 Å². The predicted molar refractivity (Wildman–Crippen MR) is 109 cm³/mol. The molecular formula is C24H23FO4. The van der Waals surface area contributed by atoms with Crippen LogP contribution in [0, 0.1) is 5.82 Å². The second-order valence-corrected chi connectivity index (χ2v) is 6.55. The highest BCUT2D eigenvalue weighted by Crippen LogP contribution is 2.34. The summed E-state index contributed by atoms with van der Waals surface area (Å²) in [7, 11) is 1.61. The summed E-state index contributed by atoms with van der Waals surface area (Å²) in [5.74, 6) is 1.48. The molecule has 0 aliphatic rings. The van der Waals surface area contributed by atoms with Crippen LogP contribution in [0.5, 0.6) is 17.2 Å². The molecule has 3 rings (SSSR count). The molecule has 0 aliphatic carbocycles. The van der Waals surface area contributed by atoms with Crippen molar-refractivity contribution >= 4 is 6.29 Å². The minimum absolute atomic E-state index is 0.264. The van der Waals surface area contributed by atoms with Gasteiger partial charge in [0.1, 0.15) is 24.0 Å². The van der Waals surface area contributed by atoms with Crippen LogP contribution >= 0.6 is 0 Å². The highest BCUT2D eigenvalue weighted by atomic mass is 19.1. The van der Waals surface area contributed by atoms with E-state index in [2.05, 4.69) is 0 Å². The molecule has 1 unspecified atom stereocenters. The Morgan fingerprint density at radius 3 is 2.45 bits per heavy atom. The normalized spacial score (nSPS) is 11.6. The van der Waals surface area contributed by atoms with E-state index in [9.17, 15) is 9.18 Å². The van der Waals surface area contributed by atoms with E-state index >= 15 is 0 Å². The number of aldehydes is 1. The Labute approximate surface area is 169 Å². The fourth-order valence-electron chi connectivity index (χ4n) is 3.00. The third kappa shape index (κ3) is 5.35. The predicted octanol–water partition coefficient (Wildman–Crippen LogP) is 5.41. The van der Waals surface area contributed by atoms with Crippen molar-refractivity contribution in [3.8, 4) is 17.2 Å². The van der Waals surface area contributed by atoms with Gasteiger partial charge in [0.25, 0.3) is 0 Å². The molecule has 0 bridgehead atoms. The van der Waals surface area contributed by atoms with Crippen LogP contribution in [0.3, 0.4) is 0 Å². The Hall–Kier alpha value is -3.34. The zero-order valence-corrected chi connectivity index (χ0v) is 16.4. The highest BCUT2D eigenvalue weighted by Gasteiger charge is 2.16. The van der Waals surface area contributed by atoms with Crippen molar-refractivity contribution in [1.29, 1.82) is 0 Å². The number of hydrogen-bond donors (Lipinski definition) is 0. The van der Waals surface area contributed by atoms with Crippen LogP contribution < -0.4 is 14.2 Å². The molecule has 0 saturated heterocycles. The van der Waals surface area contributed by atoms with E-state index in [4.69, 9.17) is 14.2 Å². The van der Waals surface area contributed by atoms with Crippen molar-refractivity contribution in [1.82, 2.24) is 0 Å². The highest BCUT2D eigenvalue weighted by molar-refractivity contribution is 5.76. The van der Waals surface area contributed by atoms with Gasteiger partial charge in [-0.2, -0.15) is 0 Å². The van der Waals surface area contributed by atoms with Gasteiger partial charge in [0.2, 0.25) is 0 Å². The van der Waals surface area contributed by atoms with Gasteiger partial charge >= 0.3 is 0 Å². The lowest BCUT2D eigenvalue weighted by molar-refractivity contribution is 0.112. The molecule has 29 heavy (non-hydrogen) atoms. The van der Waals surface area contributed by atoms with Crippen LogP contribution in [0.25, 0.3) is 0 Å². The molecule has 0 saturated carbocycles. The second-order valence-electron chi connectivity index (χ2n) is 6.55. The van der Waals surface area contributed by atoms with E-state index in [-0.39, 0.29) is 11.9 Å². The summed E-state index contributed by atoms with van der Waals surface area (Å²) in [5.41, 5.74) is 2.36. The Balaban J connectivity index is 1.74.